The molecule has 0 radical (unpaired) electrons. The third kappa shape index (κ3) is 17.3. The number of rotatable bonds is 19. The third-order valence-electron chi connectivity index (χ3n) is 25.5. The number of methoxy groups -OCH3 is 1. The Hall–Kier alpha value is -12.2. The number of hydrogen-bond acceptors (Lipinski definition) is 29. The van der Waals surface area contributed by atoms with Crippen molar-refractivity contribution >= 4 is 118 Å². The van der Waals surface area contributed by atoms with Crippen LogP contribution in [0.4, 0.5) is 62.7 Å². The maximum absolute atomic E-state index is 13.6. The molecule has 8 aliphatic rings. The normalized spacial score (nSPS) is 18.6. The van der Waals surface area contributed by atoms with Crippen LogP contribution in [-0.2, 0) is 57.3 Å². The van der Waals surface area contributed by atoms with Crippen LogP contribution in [-0.4, -0.2) is 238 Å². The predicted octanol–water partition coefficient (Wildman–Crippen LogP) is 12.8. The summed E-state index contributed by atoms with van der Waals surface area (Å²) >= 11 is 3.93. The van der Waals surface area contributed by atoms with E-state index in [0.717, 1.165) is 157 Å². The summed E-state index contributed by atoms with van der Waals surface area (Å²) in [4.78, 5) is 68.5. The van der Waals surface area contributed by atoms with E-state index in [4.69, 9.17) is 54.3 Å². The number of aliphatic hydroxyl groups is 2. The van der Waals surface area contributed by atoms with Crippen LogP contribution < -0.4 is 34.7 Å². The van der Waals surface area contributed by atoms with Gasteiger partial charge in [-0.1, -0.05) is 54.8 Å². The van der Waals surface area contributed by atoms with Gasteiger partial charge in [-0.3, -0.25) is 9.59 Å². The number of ether oxygens (including phenoxy) is 5. The number of benzene rings is 3. The Morgan fingerprint density at radius 1 is 0.519 bits per heavy atom. The van der Waals surface area contributed by atoms with E-state index in [1.165, 1.54) is 88.8 Å². The number of thiazole rings is 3. The fourth-order valence-electron chi connectivity index (χ4n) is 18.7. The average molecular weight is 1840 g/mol. The topological polar surface area (TPSA) is 338 Å². The molecule has 131 heavy (non-hydrogen) atoms. The molecule has 20 rings (SSSR count). The van der Waals surface area contributed by atoms with E-state index in [1.54, 1.807) is 55.1 Å². The van der Waals surface area contributed by atoms with E-state index < -0.39 is 42.4 Å². The van der Waals surface area contributed by atoms with Crippen LogP contribution in [0.15, 0.2) is 110 Å². The molecule has 12 aromatic rings. The highest BCUT2D eigenvalue weighted by Crippen LogP contribution is 2.50. The molecule has 8 saturated heterocycles. The van der Waals surface area contributed by atoms with Crippen LogP contribution in [0.2, 0.25) is 0 Å². The van der Waals surface area contributed by atoms with E-state index in [0.29, 0.717) is 89.8 Å². The van der Waals surface area contributed by atoms with E-state index in [2.05, 4.69) is 115 Å². The molecular weight excluding hydrogens is 1740 g/mol. The van der Waals surface area contributed by atoms with Gasteiger partial charge in [0.25, 0.3) is 11.8 Å². The zero-order chi connectivity index (χ0) is 92.8. The van der Waals surface area contributed by atoms with Gasteiger partial charge >= 0.3 is 5.97 Å². The lowest BCUT2D eigenvalue weighted by Crippen LogP contribution is -2.74. The van der Waals surface area contributed by atoms with Crippen molar-refractivity contribution in [2.75, 3.05) is 156 Å². The second-order valence-corrected chi connectivity index (χ2v) is 38.9. The molecule has 3 atom stereocenters. The quantitative estimate of drug-likeness (QED) is 0.0633. The Bertz CT molecular complexity index is 6530. The zero-order valence-electron chi connectivity index (χ0n) is 75.3. The predicted molar refractivity (Wildman–Crippen MR) is 494 cm³/mol. The first-order chi connectivity index (χ1) is 62.6. The summed E-state index contributed by atoms with van der Waals surface area (Å²) in [6.45, 7) is 30.0. The number of aromatic nitrogens is 9. The molecule has 31 nitrogen and oxygen atoms in total. The van der Waals surface area contributed by atoms with Crippen molar-refractivity contribution in [3.05, 3.63) is 175 Å². The highest BCUT2D eigenvalue weighted by atomic mass is 32.1. The van der Waals surface area contributed by atoms with Crippen LogP contribution >= 0.6 is 34.0 Å². The largest absolute Gasteiger partial charge is 0.467 e. The first kappa shape index (κ1) is 90.7. The van der Waals surface area contributed by atoms with Crippen molar-refractivity contribution in [2.45, 2.75) is 118 Å². The van der Waals surface area contributed by atoms with E-state index in [-0.39, 0.29) is 46.8 Å². The lowest BCUT2D eigenvalue weighted by atomic mass is 9.72. The Labute approximate surface area is 767 Å². The number of hydrogen-bond donors (Lipinski definition) is 3. The fraction of sp³-hybridized carbons (Fsp3) is 0.426. The highest BCUT2D eigenvalue weighted by molar-refractivity contribution is 7.17. The summed E-state index contributed by atoms with van der Waals surface area (Å²) in [6.07, 6.45) is 5.95. The number of fused-ring (bicyclic) bond motifs is 3. The average Bonchev–Trinajstić information content (AvgIpc) is 1.66. The third-order valence-corrected chi connectivity index (χ3v) is 28.6. The van der Waals surface area contributed by atoms with Crippen molar-refractivity contribution in [1.82, 2.24) is 58.9 Å². The molecule has 8 aliphatic heterocycles. The van der Waals surface area contributed by atoms with Crippen molar-refractivity contribution in [3.8, 4) is 52.0 Å². The summed E-state index contributed by atoms with van der Waals surface area (Å²) in [5, 5.41) is 68.2. The second kappa shape index (κ2) is 35.5. The second-order valence-electron chi connectivity index (χ2n) is 35.9. The number of pyridine rings is 3. The first-order valence-electron chi connectivity index (χ1n) is 43.4. The number of halogens is 3. The molecule has 0 aliphatic carbocycles. The summed E-state index contributed by atoms with van der Waals surface area (Å²) in [7, 11) is 7.17. The summed E-state index contributed by atoms with van der Waals surface area (Å²) < 4.78 is 72.5. The molecule has 3 unspecified atom stereocenters. The van der Waals surface area contributed by atoms with Crippen LogP contribution in [0.3, 0.4) is 0 Å². The zero-order valence-corrected chi connectivity index (χ0v) is 77.8. The lowest BCUT2D eigenvalue weighted by molar-refractivity contribution is -0.169. The molecule has 9 aromatic heterocycles. The molecule has 8 fully saturated rings. The number of carbonyl (C=O) groups is 3. The van der Waals surface area contributed by atoms with Gasteiger partial charge in [0.1, 0.15) is 67.4 Å². The van der Waals surface area contributed by atoms with Gasteiger partial charge < -0.3 is 78.4 Å². The molecular formula is C94H102F3N21O10S3. The number of esters is 1. The SMILES string of the molecule is CCc1nn2cc(C)c(N3CC4(CN(C(=O)C(O)CO)C4)C3)cc2c1N(C)c1nc(-c2ccc(F)cc2)c(C#N)s1.CCc1nn2cc(C)c(N3CC4(CN(C(=O)C5COC(C)(C)O5)C4)C3)cc2c1N(C)c1nc(-c2ccc(F)cc2)c(C#N)s1.CCc1nn2cc(C)c(N3CC4(CNC4)C3)cc2c1N(C)c1nc(-c2ccc(F)cc2)c(C#N)s1.COC(=O)C1COC(C)(C)O1. The van der Waals surface area contributed by atoms with E-state index in [9.17, 15) is 48.4 Å². The van der Waals surface area contributed by atoms with Gasteiger partial charge in [0, 0.05) is 168 Å². The molecule has 0 bridgehead atoms. The van der Waals surface area contributed by atoms with Crippen LogP contribution in [0.5, 0.6) is 0 Å². The number of nitriles is 3. The van der Waals surface area contributed by atoms with Crippen molar-refractivity contribution in [2.24, 2.45) is 16.2 Å². The fourth-order valence-corrected chi connectivity index (χ4v) is 21.3. The standard InChI is InChI=1S/C32H34FN7O3S.C29H30FN7O3S.C26H26FN7S.C7H12O4/c1-6-22-28(37(5)30-35-27(26(12-34)44-30)20-7-9-21(33)10-8-20)24-11-23(19(2)13-40(24)36-22)38-15-32(16-38)17-39(18-32)29(41)25-14-42-31(3,4)43-25;1-4-20-26(34(3)28-32-25(24(10-31)41-28)18-5-7-19(30)8-6-18)22-9-21(17(2)11-37(22)33-20)35-13-29(14-35)15-36(16-29)27(40)23(39)12-38;1-4-19-24(32(3)25-30-23(22(10-28)35-25)17-5-7-18(27)8-6-17)21-9-20(16(2)11-34(21)31-19)33-14-26(15-33)12-29-13-26;1-7(2)10-4-5(11-7)6(8)9-3/h7-11,13,25H,6,14-18H2,1-5H3;5-9,11,23,38-39H,4,12-16H2,1-3H3;5-9,11,29H,4,12-15H2,1-3H3;5H,4H2,1-3H3. The van der Waals surface area contributed by atoms with Crippen molar-refractivity contribution in [1.29, 1.82) is 15.8 Å². The number of amides is 2. The summed E-state index contributed by atoms with van der Waals surface area (Å²) in [6, 6.07) is 31.5. The van der Waals surface area contributed by atoms with Gasteiger partial charge in [-0.15, -0.1) is 0 Å². The minimum absolute atomic E-state index is 0.00316. The molecule has 3 aromatic carbocycles. The first-order valence-corrected chi connectivity index (χ1v) is 45.9. The smallest absolute Gasteiger partial charge is 0.337 e. The number of anilines is 9. The number of likely N-dealkylation sites (tertiary alicyclic amines) is 2. The van der Waals surface area contributed by atoms with Gasteiger partial charge in [0.05, 0.1) is 77.6 Å². The van der Waals surface area contributed by atoms with Gasteiger partial charge in [-0.25, -0.2) is 46.5 Å². The molecule has 682 valence electrons. The monoisotopic (exact) mass is 1840 g/mol. The molecule has 3 spiro atoms. The Balaban J connectivity index is 0.000000130. The van der Waals surface area contributed by atoms with Crippen LogP contribution in [0, 0.1) is 88.5 Å². The molecule has 37 heteroatoms. The lowest BCUT2D eigenvalue weighted by Gasteiger charge is -2.61. The Morgan fingerprint density at radius 3 is 1.12 bits per heavy atom. The van der Waals surface area contributed by atoms with Gasteiger partial charge in [0.15, 0.2) is 45.3 Å². The Kier molecular flexibility index (Phi) is 24.6. The van der Waals surface area contributed by atoms with Crippen LogP contribution in [0.1, 0.15) is 96.9 Å². The summed E-state index contributed by atoms with van der Waals surface area (Å²) in [5.41, 5.74) is 19.7. The number of nitrogens with one attached hydrogen (secondary N) is 1. The highest BCUT2D eigenvalue weighted by Gasteiger charge is 2.57. The number of aliphatic hydroxyl groups excluding tert-OH is 2. The molecule has 2 amide bonds. The van der Waals surface area contributed by atoms with Gasteiger partial charge in [-0.2, -0.15) is 31.1 Å². The molecule has 17 heterocycles. The van der Waals surface area contributed by atoms with E-state index in [1.807, 2.05) is 74.3 Å². The molecule has 0 saturated carbocycles. The minimum Gasteiger partial charge on any atom is -0.467 e. The van der Waals surface area contributed by atoms with Crippen molar-refractivity contribution in [3.63, 3.8) is 0 Å². The van der Waals surface area contributed by atoms with Crippen LogP contribution in [0.25, 0.3) is 50.3 Å². The maximum Gasteiger partial charge on any atom is 0.337 e. The van der Waals surface area contributed by atoms with E-state index >= 15 is 0 Å². The maximum atomic E-state index is 13.6. The molecule has 3 N–H and O–H groups in total. The number of aryl methyl sites for hydroxylation is 6. The number of carbonyl (C=O) groups excluding carboxylic acids is 3. The summed E-state index contributed by atoms with van der Waals surface area (Å²) in [5.74, 6) is -3.15. The van der Waals surface area contributed by atoms with Gasteiger partial charge in [-0.05, 0) is 175 Å². The van der Waals surface area contributed by atoms with Crippen molar-refractivity contribution < 1.29 is 61.5 Å². The minimum atomic E-state index is -1.35. The Morgan fingerprint density at radius 2 is 0.840 bits per heavy atom. The van der Waals surface area contributed by atoms with Gasteiger partial charge in [0.2, 0.25) is 0 Å². The number of nitrogens with zero attached hydrogens (tertiary/aromatic N) is 20.